The van der Waals surface area contributed by atoms with E-state index >= 15 is 0 Å². The molecule has 0 fully saturated rings. The molecule has 2 rings (SSSR count). The number of ether oxygens (including phenoxy) is 1. The Morgan fingerprint density at radius 2 is 1.89 bits per heavy atom. The first-order chi connectivity index (χ1) is 12.5. The van der Waals surface area contributed by atoms with Crippen molar-refractivity contribution in [2.75, 3.05) is 0 Å². The van der Waals surface area contributed by atoms with E-state index in [1.807, 2.05) is 6.92 Å². The third-order valence-electron chi connectivity index (χ3n) is 3.59. The molecule has 0 heterocycles. The predicted molar refractivity (Wildman–Crippen MR) is 98.1 cm³/mol. The SMILES string of the molecule is CCCc1cc([N+](=O)[O-])c([PH](=O)Cl)cc1Oc1ccc(C(F)(F)F)cc1Cl. The lowest BCUT2D eigenvalue weighted by Crippen LogP contribution is -2.08. The number of hydrogen-bond acceptors (Lipinski definition) is 4. The van der Waals surface area contributed by atoms with Crippen LogP contribution in [-0.4, -0.2) is 4.92 Å². The topological polar surface area (TPSA) is 69.4 Å². The maximum absolute atomic E-state index is 12.7. The first-order valence-electron chi connectivity index (χ1n) is 7.60. The molecular formula is C16H13Cl2F3NO4P. The fourth-order valence-electron chi connectivity index (χ4n) is 2.36. The van der Waals surface area contributed by atoms with Crippen molar-refractivity contribution in [1.82, 2.24) is 0 Å². The zero-order valence-corrected chi connectivity index (χ0v) is 16.3. The summed E-state index contributed by atoms with van der Waals surface area (Å²) in [5.74, 6) is 0.0224. The molecular weight excluding hydrogens is 429 g/mol. The fraction of sp³-hybridized carbons (Fsp3) is 0.250. The second-order valence-corrected chi connectivity index (χ2v) is 8.03. The van der Waals surface area contributed by atoms with Crippen LogP contribution in [0.25, 0.3) is 0 Å². The van der Waals surface area contributed by atoms with Gasteiger partial charge in [0.05, 0.1) is 15.5 Å². The van der Waals surface area contributed by atoms with E-state index in [1.54, 1.807) is 0 Å². The molecule has 0 aliphatic heterocycles. The van der Waals surface area contributed by atoms with Crippen molar-refractivity contribution in [3.05, 3.63) is 56.6 Å². The molecule has 11 heteroatoms. The van der Waals surface area contributed by atoms with Crippen LogP contribution in [0.3, 0.4) is 0 Å². The maximum Gasteiger partial charge on any atom is 0.416 e. The quantitative estimate of drug-likeness (QED) is 0.297. The number of nitro benzene ring substituents is 1. The van der Waals surface area contributed by atoms with Gasteiger partial charge in [-0.25, -0.2) is 0 Å². The number of benzene rings is 2. The molecule has 1 unspecified atom stereocenters. The second-order valence-electron chi connectivity index (χ2n) is 5.50. The molecule has 0 aliphatic carbocycles. The monoisotopic (exact) mass is 441 g/mol. The summed E-state index contributed by atoms with van der Waals surface area (Å²) in [6, 6.07) is 4.94. The molecule has 0 saturated heterocycles. The molecule has 0 N–H and O–H groups in total. The van der Waals surface area contributed by atoms with Crippen molar-refractivity contribution in [2.45, 2.75) is 25.9 Å². The van der Waals surface area contributed by atoms with Gasteiger partial charge in [0.25, 0.3) is 5.69 Å². The van der Waals surface area contributed by atoms with E-state index in [9.17, 15) is 27.9 Å². The lowest BCUT2D eigenvalue weighted by Gasteiger charge is -2.14. The third kappa shape index (κ3) is 5.15. The zero-order chi connectivity index (χ0) is 20.4. The van der Waals surface area contributed by atoms with E-state index in [2.05, 4.69) is 0 Å². The number of rotatable bonds is 6. The van der Waals surface area contributed by atoms with Crippen molar-refractivity contribution >= 4 is 41.0 Å². The Morgan fingerprint density at radius 1 is 1.22 bits per heavy atom. The highest BCUT2D eigenvalue weighted by molar-refractivity contribution is 7.80. The summed E-state index contributed by atoms with van der Waals surface area (Å²) in [6.45, 7) is 1.83. The van der Waals surface area contributed by atoms with Gasteiger partial charge in [-0.2, -0.15) is 13.2 Å². The smallest absolute Gasteiger partial charge is 0.416 e. The van der Waals surface area contributed by atoms with Crippen LogP contribution in [0.2, 0.25) is 5.02 Å². The Kier molecular flexibility index (Phi) is 6.78. The minimum Gasteiger partial charge on any atom is -0.455 e. The van der Waals surface area contributed by atoms with Crippen molar-refractivity contribution in [2.24, 2.45) is 0 Å². The molecule has 0 aromatic heterocycles. The van der Waals surface area contributed by atoms with Crippen molar-refractivity contribution in [3.63, 3.8) is 0 Å². The minimum absolute atomic E-state index is 0.0731. The van der Waals surface area contributed by atoms with Crippen LogP contribution in [0.4, 0.5) is 18.9 Å². The van der Waals surface area contributed by atoms with Crippen LogP contribution >= 0.6 is 30.0 Å². The highest BCUT2D eigenvalue weighted by Crippen LogP contribution is 2.40. The summed E-state index contributed by atoms with van der Waals surface area (Å²) in [5.41, 5.74) is -0.920. The summed E-state index contributed by atoms with van der Waals surface area (Å²) in [6.07, 6.45) is -3.56. The summed E-state index contributed by atoms with van der Waals surface area (Å²) in [4.78, 5) is 10.5. The molecule has 1 atom stereocenters. The van der Waals surface area contributed by atoms with E-state index in [4.69, 9.17) is 27.6 Å². The predicted octanol–water partition coefficient (Wildman–Crippen LogP) is 6.35. The van der Waals surface area contributed by atoms with Crippen LogP contribution in [0.1, 0.15) is 24.5 Å². The molecule has 2 aromatic carbocycles. The molecule has 0 amide bonds. The van der Waals surface area contributed by atoms with E-state index < -0.39 is 29.5 Å². The van der Waals surface area contributed by atoms with Gasteiger partial charge in [-0.3, -0.25) is 10.1 Å². The van der Waals surface area contributed by atoms with Crippen molar-refractivity contribution in [3.8, 4) is 11.5 Å². The van der Waals surface area contributed by atoms with Crippen LogP contribution in [-0.2, 0) is 17.2 Å². The van der Waals surface area contributed by atoms with Gasteiger partial charge in [0.15, 0.2) is 7.15 Å². The first-order valence-corrected chi connectivity index (χ1v) is 10.4. The third-order valence-corrected chi connectivity index (χ3v) is 5.32. The van der Waals surface area contributed by atoms with E-state index in [0.717, 1.165) is 12.1 Å². The molecule has 27 heavy (non-hydrogen) atoms. The van der Waals surface area contributed by atoms with Gasteiger partial charge in [-0.05, 0) is 30.7 Å². The Balaban J connectivity index is 2.53. The summed E-state index contributed by atoms with van der Waals surface area (Å²) in [5, 5.41) is 10.7. The number of aryl methyl sites for hydroxylation is 1. The largest absolute Gasteiger partial charge is 0.455 e. The van der Waals surface area contributed by atoms with Gasteiger partial charge < -0.3 is 9.30 Å². The highest BCUT2D eigenvalue weighted by atomic mass is 35.7. The fourth-order valence-corrected chi connectivity index (χ4v) is 3.64. The van der Waals surface area contributed by atoms with Crippen molar-refractivity contribution in [1.29, 1.82) is 0 Å². The van der Waals surface area contributed by atoms with Crippen molar-refractivity contribution < 1.29 is 27.4 Å². The van der Waals surface area contributed by atoms with Crippen LogP contribution in [0.5, 0.6) is 11.5 Å². The van der Waals surface area contributed by atoms with Gasteiger partial charge >= 0.3 is 6.18 Å². The van der Waals surface area contributed by atoms with E-state index in [0.29, 0.717) is 24.5 Å². The normalized spacial score (nSPS) is 12.7. The number of nitro groups is 1. The summed E-state index contributed by atoms with van der Waals surface area (Å²) >= 11 is 11.5. The Morgan fingerprint density at radius 3 is 2.37 bits per heavy atom. The number of nitrogens with zero attached hydrogens (tertiary/aromatic N) is 1. The van der Waals surface area contributed by atoms with Gasteiger partial charge in [-0.1, -0.05) is 36.2 Å². The minimum atomic E-state index is -4.56. The summed E-state index contributed by atoms with van der Waals surface area (Å²) < 4.78 is 55.5. The lowest BCUT2D eigenvalue weighted by molar-refractivity contribution is -0.383. The lowest BCUT2D eigenvalue weighted by atomic mass is 10.1. The molecule has 0 aliphatic rings. The molecule has 0 bridgehead atoms. The van der Waals surface area contributed by atoms with E-state index in [-0.39, 0.29) is 21.8 Å². The number of alkyl halides is 3. The zero-order valence-electron chi connectivity index (χ0n) is 13.8. The van der Waals surface area contributed by atoms with Gasteiger partial charge in [0.2, 0.25) is 0 Å². The van der Waals surface area contributed by atoms with E-state index in [1.165, 1.54) is 12.1 Å². The number of hydrogen-bond donors (Lipinski definition) is 0. The molecule has 5 nitrogen and oxygen atoms in total. The van der Waals surface area contributed by atoms with Gasteiger partial charge in [0.1, 0.15) is 16.8 Å². The number of halogens is 5. The first kappa shape index (κ1) is 21.5. The molecule has 146 valence electrons. The van der Waals surface area contributed by atoms with Crippen LogP contribution in [0.15, 0.2) is 30.3 Å². The molecule has 0 spiro atoms. The Bertz CT molecular complexity index is 906. The Hall–Kier alpha value is -1.76. The molecule has 2 aromatic rings. The highest BCUT2D eigenvalue weighted by Gasteiger charge is 2.31. The van der Waals surface area contributed by atoms with Crippen LogP contribution < -0.4 is 10.0 Å². The standard InChI is InChI=1S/C16H13Cl2F3NO4P/c1-2-3-9-6-12(22(23)24)15(27(18)25)8-14(9)26-13-5-4-10(7-11(13)17)16(19,20)21/h4-8,27H,2-3H2,1H3. The average Bonchev–Trinajstić information content (AvgIpc) is 2.56. The summed E-state index contributed by atoms with van der Waals surface area (Å²) in [7, 11) is -2.95. The van der Waals surface area contributed by atoms with Gasteiger partial charge in [-0.15, -0.1) is 0 Å². The average molecular weight is 442 g/mol. The molecule has 0 radical (unpaired) electrons. The molecule has 0 saturated carbocycles. The second kappa shape index (κ2) is 8.50. The van der Waals surface area contributed by atoms with Crippen LogP contribution in [0, 0.1) is 10.1 Å². The maximum atomic E-state index is 12.7. The van der Waals surface area contributed by atoms with Gasteiger partial charge in [0, 0.05) is 11.6 Å². The Labute approximate surface area is 162 Å².